The lowest BCUT2D eigenvalue weighted by Crippen LogP contribution is -2.19. The van der Waals surface area contributed by atoms with Crippen LogP contribution in [0.3, 0.4) is 0 Å². The van der Waals surface area contributed by atoms with E-state index in [9.17, 15) is 4.79 Å². The molecule has 154 valence electrons. The normalized spacial score (nSPS) is 10.9. The van der Waals surface area contributed by atoms with Crippen LogP contribution in [0.15, 0.2) is 52.1 Å². The van der Waals surface area contributed by atoms with Gasteiger partial charge >= 0.3 is 5.97 Å². The van der Waals surface area contributed by atoms with Crippen molar-refractivity contribution in [3.05, 3.63) is 63.6 Å². The van der Waals surface area contributed by atoms with Crippen LogP contribution < -0.4 is 9.47 Å². The first-order chi connectivity index (χ1) is 14.0. The maximum absolute atomic E-state index is 12.1. The Morgan fingerprint density at radius 2 is 1.83 bits per heavy atom. The lowest BCUT2D eigenvalue weighted by molar-refractivity contribution is -0.132. The maximum atomic E-state index is 12.1. The Hall–Kier alpha value is -2.70. The molecule has 0 aliphatic heterocycles. The van der Waals surface area contributed by atoms with Gasteiger partial charge in [-0.2, -0.15) is 0 Å². The fraction of sp³-hybridized carbons (Fsp3) is 0.238. The van der Waals surface area contributed by atoms with Crippen LogP contribution in [-0.4, -0.2) is 32.5 Å². The van der Waals surface area contributed by atoms with E-state index >= 15 is 0 Å². The molecule has 0 aliphatic carbocycles. The molecular formula is C21H21Cl2NO5. The average Bonchev–Trinajstić information content (AvgIpc) is 2.71. The van der Waals surface area contributed by atoms with Gasteiger partial charge in [-0.15, -0.1) is 0 Å². The summed E-state index contributed by atoms with van der Waals surface area (Å²) in [6, 6.07) is 12.5. The summed E-state index contributed by atoms with van der Waals surface area (Å²) in [5, 5.41) is 3.80. The highest BCUT2D eigenvalue weighted by Gasteiger charge is 2.19. The summed E-state index contributed by atoms with van der Waals surface area (Å²) in [6.07, 6.45) is 1.61. The van der Waals surface area contributed by atoms with Gasteiger partial charge in [-0.05, 0) is 36.3 Å². The Balaban J connectivity index is 2.32. The molecule has 29 heavy (non-hydrogen) atoms. The minimum absolute atomic E-state index is 0.0523. The molecule has 0 saturated heterocycles. The number of benzene rings is 2. The second-order valence-electron chi connectivity index (χ2n) is 5.63. The smallest absolute Gasteiger partial charge is 0.360 e. The molecule has 0 unspecified atom stereocenters. The van der Waals surface area contributed by atoms with E-state index in [-0.39, 0.29) is 16.8 Å². The average molecular weight is 438 g/mol. The molecule has 0 amide bonds. The zero-order valence-corrected chi connectivity index (χ0v) is 17.8. The molecule has 0 heterocycles. The monoisotopic (exact) mass is 437 g/mol. The van der Waals surface area contributed by atoms with Crippen molar-refractivity contribution in [2.24, 2.45) is 5.16 Å². The number of methoxy groups -OCH3 is 1. The molecule has 2 aromatic carbocycles. The van der Waals surface area contributed by atoms with E-state index in [1.807, 2.05) is 19.1 Å². The molecule has 8 heteroatoms. The third-order valence-electron chi connectivity index (χ3n) is 3.76. The Morgan fingerprint density at radius 3 is 2.48 bits per heavy atom. The van der Waals surface area contributed by atoms with E-state index in [1.54, 1.807) is 36.4 Å². The highest BCUT2D eigenvalue weighted by molar-refractivity contribution is 6.57. The van der Waals surface area contributed by atoms with Gasteiger partial charge in [0.15, 0.2) is 17.2 Å². The number of nitrogens with zero attached hydrogens (tertiary/aromatic N) is 1. The first-order valence-corrected chi connectivity index (χ1v) is 9.45. The number of hydrogen-bond donors (Lipinski definition) is 0. The van der Waals surface area contributed by atoms with Crippen LogP contribution in [-0.2, 0) is 21.0 Å². The van der Waals surface area contributed by atoms with Gasteiger partial charge in [0.1, 0.15) is 18.2 Å². The van der Waals surface area contributed by atoms with E-state index in [1.165, 1.54) is 14.2 Å². The lowest BCUT2D eigenvalue weighted by Gasteiger charge is -2.15. The third kappa shape index (κ3) is 6.41. The summed E-state index contributed by atoms with van der Waals surface area (Å²) in [6.45, 7) is 2.50. The lowest BCUT2D eigenvalue weighted by atomic mass is 10.0. The molecule has 2 aromatic rings. The fourth-order valence-corrected chi connectivity index (χ4v) is 2.80. The predicted octanol–water partition coefficient (Wildman–Crippen LogP) is 4.96. The van der Waals surface area contributed by atoms with Crippen molar-refractivity contribution in [2.75, 3.05) is 20.8 Å². The molecule has 0 N–H and O–H groups in total. The molecule has 2 rings (SSSR count). The number of esters is 1. The van der Waals surface area contributed by atoms with Gasteiger partial charge < -0.3 is 19.0 Å². The largest absolute Gasteiger partial charge is 0.490 e. The van der Waals surface area contributed by atoms with Gasteiger partial charge in [0.05, 0.1) is 13.7 Å². The Morgan fingerprint density at radius 1 is 1.07 bits per heavy atom. The summed E-state index contributed by atoms with van der Waals surface area (Å²) < 4.78 is 16.6. The number of carbonyl (C=O) groups excluding carboxylic acids is 1. The van der Waals surface area contributed by atoms with Crippen molar-refractivity contribution >= 4 is 41.0 Å². The second kappa shape index (κ2) is 11.3. The highest BCUT2D eigenvalue weighted by atomic mass is 35.5. The SMILES string of the molecule is CCOc1cc(C=C(Cl)Cl)ccc1OCc1ccccc1/C(=N\OC)C(=O)OC. The van der Waals surface area contributed by atoms with Crippen LogP contribution in [0.4, 0.5) is 0 Å². The van der Waals surface area contributed by atoms with Gasteiger partial charge in [-0.25, -0.2) is 4.79 Å². The van der Waals surface area contributed by atoms with E-state index in [2.05, 4.69) is 5.16 Å². The molecule has 0 fully saturated rings. The van der Waals surface area contributed by atoms with Crippen molar-refractivity contribution < 1.29 is 23.8 Å². The van der Waals surface area contributed by atoms with Crippen LogP contribution in [0, 0.1) is 0 Å². The topological polar surface area (TPSA) is 66.3 Å². The molecule has 0 aromatic heterocycles. The number of ether oxygens (including phenoxy) is 3. The number of carbonyl (C=O) groups is 1. The summed E-state index contributed by atoms with van der Waals surface area (Å²) >= 11 is 11.5. The van der Waals surface area contributed by atoms with E-state index in [0.717, 1.165) is 11.1 Å². The quantitative estimate of drug-likeness (QED) is 0.315. The minimum atomic E-state index is -0.608. The number of halogens is 2. The van der Waals surface area contributed by atoms with Crippen LogP contribution in [0.2, 0.25) is 0 Å². The molecule has 0 radical (unpaired) electrons. The molecule has 0 spiro atoms. The van der Waals surface area contributed by atoms with Gasteiger partial charge in [-0.3, -0.25) is 0 Å². The van der Waals surface area contributed by atoms with Crippen molar-refractivity contribution in [3.8, 4) is 11.5 Å². The maximum Gasteiger partial charge on any atom is 0.360 e. The van der Waals surface area contributed by atoms with Crippen LogP contribution >= 0.6 is 23.2 Å². The summed E-state index contributed by atoms with van der Waals surface area (Å²) in [5.41, 5.74) is 2.11. The predicted molar refractivity (Wildman–Crippen MR) is 114 cm³/mol. The van der Waals surface area contributed by atoms with Crippen molar-refractivity contribution in [3.63, 3.8) is 0 Å². The summed E-state index contributed by atoms with van der Waals surface area (Å²) in [7, 11) is 2.64. The molecule has 0 saturated carbocycles. The number of rotatable bonds is 9. The van der Waals surface area contributed by atoms with Gasteiger partial charge in [0, 0.05) is 5.56 Å². The van der Waals surface area contributed by atoms with Gasteiger partial charge in [-0.1, -0.05) is 58.7 Å². The van der Waals surface area contributed by atoms with E-state index < -0.39 is 5.97 Å². The van der Waals surface area contributed by atoms with E-state index in [4.69, 9.17) is 42.3 Å². The summed E-state index contributed by atoms with van der Waals surface area (Å²) in [5.74, 6) is 0.475. The van der Waals surface area contributed by atoms with Crippen LogP contribution in [0.1, 0.15) is 23.6 Å². The number of hydrogen-bond acceptors (Lipinski definition) is 6. The Bertz CT molecular complexity index is 908. The van der Waals surface area contributed by atoms with Crippen LogP contribution in [0.25, 0.3) is 6.08 Å². The second-order valence-corrected chi connectivity index (χ2v) is 6.64. The minimum Gasteiger partial charge on any atom is -0.490 e. The Kier molecular flexibility index (Phi) is 8.83. The molecule has 0 atom stereocenters. The molecule has 6 nitrogen and oxygen atoms in total. The number of oxime groups is 1. The van der Waals surface area contributed by atoms with Crippen LogP contribution in [0.5, 0.6) is 11.5 Å². The standard InChI is InChI=1S/C21H21Cl2NO5/c1-4-28-18-11-14(12-19(22)23)9-10-17(18)29-13-15-7-5-6-8-16(15)20(24-27-3)21(25)26-2/h5-12H,4,13H2,1-3H3/b24-20+. The zero-order chi connectivity index (χ0) is 21.2. The van der Waals surface area contributed by atoms with Crippen molar-refractivity contribution in [1.29, 1.82) is 0 Å². The van der Waals surface area contributed by atoms with Gasteiger partial charge in [0.25, 0.3) is 0 Å². The zero-order valence-electron chi connectivity index (χ0n) is 16.3. The Labute approximate surface area is 179 Å². The first kappa shape index (κ1) is 22.6. The third-order valence-corrected chi connectivity index (χ3v) is 3.98. The van der Waals surface area contributed by atoms with E-state index in [0.29, 0.717) is 23.7 Å². The molecular weight excluding hydrogens is 417 g/mol. The van der Waals surface area contributed by atoms with Crippen molar-refractivity contribution in [2.45, 2.75) is 13.5 Å². The molecule has 0 aliphatic rings. The fourth-order valence-electron chi connectivity index (χ4n) is 2.55. The summed E-state index contributed by atoms with van der Waals surface area (Å²) in [4.78, 5) is 16.9. The molecule has 0 bridgehead atoms. The van der Waals surface area contributed by atoms with Gasteiger partial charge in [0.2, 0.25) is 0 Å². The first-order valence-electron chi connectivity index (χ1n) is 8.70. The van der Waals surface area contributed by atoms with Crippen molar-refractivity contribution in [1.82, 2.24) is 0 Å². The highest BCUT2D eigenvalue weighted by Crippen LogP contribution is 2.31.